The number of nitrogens with one attached hydrogen (secondary N) is 1. The molecule has 0 saturated carbocycles. The Kier molecular flexibility index (Phi) is 0.982. The molecule has 0 radical (unpaired) electrons. The van der Waals surface area contributed by atoms with Crippen LogP contribution in [0.3, 0.4) is 0 Å². The molecule has 0 aromatic rings. The van der Waals surface area contributed by atoms with E-state index in [1.165, 1.54) is 0 Å². The molecule has 0 heterocycles. The Morgan fingerprint density at radius 2 is 2.57 bits per heavy atom. The van der Waals surface area contributed by atoms with Crippen LogP contribution in [0.15, 0.2) is 11.8 Å². The van der Waals surface area contributed by atoms with Gasteiger partial charge < -0.3 is 11.1 Å². The van der Waals surface area contributed by atoms with Gasteiger partial charge in [-0.15, -0.1) is 0 Å². The highest BCUT2D eigenvalue weighted by Crippen LogP contribution is 2.12. The molecule has 0 amide bonds. The van der Waals surface area contributed by atoms with E-state index in [-0.39, 0.29) is 0 Å². The van der Waals surface area contributed by atoms with E-state index in [9.17, 15) is 0 Å². The Morgan fingerprint density at radius 1 is 2.00 bits per heavy atom. The third kappa shape index (κ3) is 1.55. The molecule has 0 atom stereocenters. The van der Waals surface area contributed by atoms with Crippen LogP contribution in [0.5, 0.6) is 0 Å². The van der Waals surface area contributed by atoms with Crippen molar-refractivity contribution in [1.29, 1.82) is 0 Å². The minimum Gasteiger partial charge on any atom is -0.376 e. The molecule has 2 nitrogen and oxygen atoms in total. The fourth-order valence-corrected chi connectivity index (χ4v) is 0.442. The van der Waals surface area contributed by atoms with Gasteiger partial charge in [0.1, 0.15) is 0 Å². The zero-order valence-electron chi connectivity index (χ0n) is 3.77. The van der Waals surface area contributed by atoms with E-state index in [4.69, 9.17) is 5.73 Å². The van der Waals surface area contributed by atoms with E-state index in [2.05, 4.69) is 17.5 Å². The van der Waals surface area contributed by atoms with Crippen LogP contribution in [0.25, 0.3) is 0 Å². The van der Waals surface area contributed by atoms with E-state index >= 15 is 0 Å². The van der Waals surface area contributed by atoms with Gasteiger partial charge in [-0.3, -0.25) is 0 Å². The predicted octanol–water partition coefficient (Wildman–Crippen LogP) is 0.107. The Morgan fingerprint density at radius 3 is 2.71 bits per heavy atom. The maximum Gasteiger partial charge on any atom is 0.167 e. The van der Waals surface area contributed by atoms with Gasteiger partial charge in [-0.25, -0.2) is 0 Å². The molecule has 0 bridgehead atoms. The van der Waals surface area contributed by atoms with Crippen LogP contribution in [0.4, 0.5) is 0 Å². The maximum atomic E-state index is 5.11. The van der Waals surface area contributed by atoms with Crippen molar-refractivity contribution in [3.8, 4) is 0 Å². The zero-order chi connectivity index (χ0) is 5.28. The topological polar surface area (TPSA) is 38.0 Å². The van der Waals surface area contributed by atoms with E-state index in [1.807, 2.05) is 6.08 Å². The smallest absolute Gasteiger partial charge is 0.167 e. The summed E-state index contributed by atoms with van der Waals surface area (Å²) in [6, 6.07) is 0. The van der Waals surface area contributed by atoms with Crippen molar-refractivity contribution in [3.63, 3.8) is 0 Å². The van der Waals surface area contributed by atoms with Crippen LogP contribution < -0.4 is 11.1 Å². The normalized spacial score (nSPS) is 15.1. The van der Waals surface area contributed by atoms with E-state index in [1.54, 1.807) is 0 Å². The quantitative estimate of drug-likeness (QED) is 0.475. The average molecular weight is 114 g/mol. The number of rotatable bonds is 1. The second-order valence-corrected chi connectivity index (χ2v) is 1.86. The lowest BCUT2D eigenvalue weighted by molar-refractivity contribution is 1.18. The standard InChI is InChI=1S/C4H6N2S/c5-4(7)6-3-1-2-3/h1H,2H2,(H3,5,6,7). The first kappa shape index (κ1) is 4.59. The second kappa shape index (κ2) is 1.50. The van der Waals surface area contributed by atoms with Gasteiger partial charge in [-0.2, -0.15) is 0 Å². The summed E-state index contributed by atoms with van der Waals surface area (Å²) in [6.07, 6.45) is 3.05. The molecule has 3 heteroatoms. The number of thiocarbonyl (C=S) groups is 1. The summed E-state index contributed by atoms with van der Waals surface area (Å²) in [5.41, 5.74) is 6.26. The molecule has 0 spiro atoms. The van der Waals surface area contributed by atoms with Crippen molar-refractivity contribution in [3.05, 3.63) is 11.8 Å². The highest BCUT2D eigenvalue weighted by molar-refractivity contribution is 7.80. The van der Waals surface area contributed by atoms with Gasteiger partial charge in [0.15, 0.2) is 5.11 Å². The molecular weight excluding hydrogens is 108 g/mol. The molecule has 0 aromatic heterocycles. The number of hydrogen-bond donors (Lipinski definition) is 2. The third-order valence-corrected chi connectivity index (χ3v) is 0.794. The molecule has 7 heavy (non-hydrogen) atoms. The summed E-state index contributed by atoms with van der Waals surface area (Å²) in [6.45, 7) is 0. The first-order valence-corrected chi connectivity index (χ1v) is 2.45. The first-order valence-electron chi connectivity index (χ1n) is 2.04. The van der Waals surface area contributed by atoms with Gasteiger partial charge >= 0.3 is 0 Å². The molecule has 0 unspecified atom stereocenters. The molecule has 1 aliphatic rings. The minimum atomic E-state index is 0.365. The summed E-state index contributed by atoms with van der Waals surface area (Å²) in [7, 11) is 0. The Hall–Kier alpha value is -0.570. The van der Waals surface area contributed by atoms with Gasteiger partial charge in [0, 0.05) is 12.1 Å². The number of hydrogen-bond acceptors (Lipinski definition) is 1. The molecule has 0 aromatic carbocycles. The first-order chi connectivity index (χ1) is 3.29. The fraction of sp³-hybridized carbons (Fsp3) is 0.250. The van der Waals surface area contributed by atoms with Crippen LogP contribution in [-0.2, 0) is 0 Å². The Labute approximate surface area is 47.4 Å². The summed E-state index contributed by atoms with van der Waals surface area (Å²) in [4.78, 5) is 0. The summed E-state index contributed by atoms with van der Waals surface area (Å²) < 4.78 is 0. The summed E-state index contributed by atoms with van der Waals surface area (Å²) >= 11 is 4.54. The monoisotopic (exact) mass is 114 g/mol. The van der Waals surface area contributed by atoms with Crippen molar-refractivity contribution in [1.82, 2.24) is 5.32 Å². The molecule has 38 valence electrons. The fourth-order valence-electron chi connectivity index (χ4n) is 0.311. The second-order valence-electron chi connectivity index (χ2n) is 1.42. The van der Waals surface area contributed by atoms with Crippen molar-refractivity contribution >= 4 is 17.3 Å². The summed E-state index contributed by atoms with van der Waals surface area (Å²) in [5, 5.41) is 3.15. The van der Waals surface area contributed by atoms with Crippen LogP contribution in [0, 0.1) is 0 Å². The molecule has 0 saturated heterocycles. The third-order valence-electron chi connectivity index (χ3n) is 0.692. The highest BCUT2D eigenvalue weighted by Gasteiger charge is 2.04. The van der Waals surface area contributed by atoms with Crippen LogP contribution in [0.1, 0.15) is 6.42 Å². The molecule has 1 aliphatic carbocycles. The van der Waals surface area contributed by atoms with Crippen LogP contribution >= 0.6 is 12.2 Å². The lowest BCUT2D eigenvalue weighted by Crippen LogP contribution is -2.24. The lowest BCUT2D eigenvalue weighted by Gasteiger charge is -1.91. The van der Waals surface area contributed by atoms with Crippen molar-refractivity contribution in [2.75, 3.05) is 0 Å². The largest absolute Gasteiger partial charge is 0.376 e. The van der Waals surface area contributed by atoms with E-state index in [0.717, 1.165) is 12.1 Å². The van der Waals surface area contributed by atoms with Crippen molar-refractivity contribution < 1.29 is 0 Å². The van der Waals surface area contributed by atoms with Gasteiger partial charge in [-0.1, -0.05) is 6.08 Å². The molecule has 0 aliphatic heterocycles. The van der Waals surface area contributed by atoms with Gasteiger partial charge in [0.2, 0.25) is 0 Å². The lowest BCUT2D eigenvalue weighted by atomic mass is 10.7. The van der Waals surface area contributed by atoms with E-state index in [0.29, 0.717) is 5.11 Å². The molecular formula is C4H6N2S. The van der Waals surface area contributed by atoms with Crippen LogP contribution in [-0.4, -0.2) is 5.11 Å². The number of nitrogens with two attached hydrogens (primary N) is 1. The molecule has 3 N–H and O–H groups in total. The number of allylic oxidation sites excluding steroid dienone is 2. The highest BCUT2D eigenvalue weighted by atomic mass is 32.1. The van der Waals surface area contributed by atoms with Crippen molar-refractivity contribution in [2.45, 2.75) is 6.42 Å². The van der Waals surface area contributed by atoms with Gasteiger partial charge in [0.25, 0.3) is 0 Å². The molecule has 1 rings (SSSR count). The van der Waals surface area contributed by atoms with Gasteiger partial charge in [-0.05, 0) is 12.2 Å². The predicted molar refractivity (Wildman–Crippen MR) is 32.6 cm³/mol. The zero-order valence-corrected chi connectivity index (χ0v) is 4.59. The van der Waals surface area contributed by atoms with E-state index < -0.39 is 0 Å². The van der Waals surface area contributed by atoms with Gasteiger partial charge in [0.05, 0.1) is 0 Å². The maximum absolute atomic E-state index is 5.11. The summed E-state index contributed by atoms with van der Waals surface area (Å²) in [5.74, 6) is 0. The average Bonchev–Trinajstić information content (AvgIpc) is 2.17. The van der Waals surface area contributed by atoms with Crippen molar-refractivity contribution in [2.24, 2.45) is 5.73 Å². The van der Waals surface area contributed by atoms with Crippen LogP contribution in [0.2, 0.25) is 0 Å². The minimum absolute atomic E-state index is 0.365. The Balaban J connectivity index is 2.21. The Bertz CT molecular complexity index is 128. The molecule has 0 fully saturated rings. The SMILES string of the molecule is NC(=S)NC1=CC1.